The van der Waals surface area contributed by atoms with Gasteiger partial charge in [0.25, 0.3) is 0 Å². The Hall–Kier alpha value is -0.120. The zero-order valence-corrected chi connectivity index (χ0v) is 8.16. The lowest BCUT2D eigenvalue weighted by Gasteiger charge is -2.37. The van der Waals surface area contributed by atoms with Gasteiger partial charge in [0.2, 0.25) is 0 Å². The predicted octanol–water partition coefficient (Wildman–Crippen LogP) is 1.30. The molecule has 0 aromatic carbocycles. The SMILES string of the molecule is C[C@@H]1CCCC[C@]12OC[C@H](CO)O2. The van der Waals surface area contributed by atoms with Crippen molar-refractivity contribution in [1.29, 1.82) is 0 Å². The Balaban J connectivity index is 2.03. The first kappa shape index (κ1) is 9.44. The van der Waals surface area contributed by atoms with Crippen LogP contribution in [-0.4, -0.2) is 30.2 Å². The highest BCUT2D eigenvalue weighted by Crippen LogP contribution is 2.41. The maximum absolute atomic E-state index is 8.96. The topological polar surface area (TPSA) is 38.7 Å². The third-order valence-corrected chi connectivity index (χ3v) is 3.25. The minimum atomic E-state index is -0.356. The molecule has 3 nitrogen and oxygen atoms in total. The van der Waals surface area contributed by atoms with Crippen molar-refractivity contribution in [2.24, 2.45) is 5.92 Å². The van der Waals surface area contributed by atoms with E-state index in [1.54, 1.807) is 0 Å². The van der Waals surface area contributed by atoms with Gasteiger partial charge in [-0.05, 0) is 12.8 Å². The summed E-state index contributed by atoms with van der Waals surface area (Å²) in [4.78, 5) is 0. The summed E-state index contributed by atoms with van der Waals surface area (Å²) in [7, 11) is 0. The summed E-state index contributed by atoms with van der Waals surface area (Å²) >= 11 is 0. The molecule has 0 unspecified atom stereocenters. The Morgan fingerprint density at radius 1 is 1.46 bits per heavy atom. The van der Waals surface area contributed by atoms with Crippen LogP contribution in [0.15, 0.2) is 0 Å². The number of hydrogen-bond donors (Lipinski definition) is 1. The Morgan fingerprint density at radius 3 is 2.92 bits per heavy atom. The van der Waals surface area contributed by atoms with Gasteiger partial charge in [-0.25, -0.2) is 0 Å². The van der Waals surface area contributed by atoms with Gasteiger partial charge < -0.3 is 14.6 Å². The smallest absolute Gasteiger partial charge is 0.171 e. The Kier molecular flexibility index (Phi) is 2.58. The maximum atomic E-state index is 8.96. The molecule has 0 bridgehead atoms. The molecule has 0 radical (unpaired) electrons. The fourth-order valence-electron chi connectivity index (χ4n) is 2.35. The average Bonchev–Trinajstić information content (AvgIpc) is 2.56. The van der Waals surface area contributed by atoms with Crippen LogP contribution in [0.1, 0.15) is 32.6 Å². The molecule has 3 atom stereocenters. The van der Waals surface area contributed by atoms with Crippen molar-refractivity contribution in [3.63, 3.8) is 0 Å². The van der Waals surface area contributed by atoms with Gasteiger partial charge in [0, 0.05) is 12.3 Å². The fourth-order valence-corrected chi connectivity index (χ4v) is 2.35. The Labute approximate surface area is 79.0 Å². The van der Waals surface area contributed by atoms with Crippen LogP contribution in [0.3, 0.4) is 0 Å². The average molecular weight is 186 g/mol. The summed E-state index contributed by atoms with van der Waals surface area (Å²) in [6.45, 7) is 2.81. The minimum absolute atomic E-state index is 0.0778. The first-order valence-electron chi connectivity index (χ1n) is 5.19. The molecule has 1 aliphatic carbocycles. The molecular formula is C10H18O3. The molecule has 0 aromatic heterocycles. The van der Waals surface area contributed by atoms with Crippen molar-refractivity contribution in [3.8, 4) is 0 Å². The quantitative estimate of drug-likeness (QED) is 0.671. The van der Waals surface area contributed by atoms with Crippen LogP contribution in [0.25, 0.3) is 0 Å². The van der Waals surface area contributed by atoms with Gasteiger partial charge in [0.05, 0.1) is 13.2 Å². The van der Waals surface area contributed by atoms with E-state index in [9.17, 15) is 0 Å². The third kappa shape index (κ3) is 1.60. The van der Waals surface area contributed by atoms with Crippen LogP contribution in [0, 0.1) is 5.92 Å². The second kappa shape index (κ2) is 3.56. The molecule has 2 aliphatic rings. The van der Waals surface area contributed by atoms with Crippen LogP contribution in [0.4, 0.5) is 0 Å². The molecular weight excluding hydrogens is 168 g/mol. The Morgan fingerprint density at radius 2 is 2.31 bits per heavy atom. The first-order chi connectivity index (χ1) is 6.27. The molecule has 2 rings (SSSR count). The first-order valence-corrected chi connectivity index (χ1v) is 5.19. The molecule has 0 aromatic rings. The van der Waals surface area contributed by atoms with Gasteiger partial charge in [0.1, 0.15) is 6.10 Å². The molecule has 1 aliphatic heterocycles. The van der Waals surface area contributed by atoms with E-state index in [4.69, 9.17) is 14.6 Å². The summed E-state index contributed by atoms with van der Waals surface area (Å²) in [6.07, 6.45) is 4.53. The van der Waals surface area contributed by atoms with E-state index >= 15 is 0 Å². The van der Waals surface area contributed by atoms with Crippen LogP contribution < -0.4 is 0 Å². The standard InChI is InChI=1S/C10H18O3/c1-8-4-2-3-5-10(8)12-7-9(6-11)13-10/h8-9,11H,2-7H2,1H3/t8-,9+,10-/m1/s1. The molecule has 0 amide bonds. The number of ether oxygens (including phenoxy) is 2. The van der Waals surface area contributed by atoms with Gasteiger partial charge in [-0.15, -0.1) is 0 Å². The largest absolute Gasteiger partial charge is 0.394 e. The van der Waals surface area contributed by atoms with Crippen LogP contribution in [0.2, 0.25) is 0 Å². The lowest BCUT2D eigenvalue weighted by molar-refractivity contribution is -0.219. The summed E-state index contributed by atoms with van der Waals surface area (Å²) in [5, 5.41) is 8.96. The Bertz CT molecular complexity index is 183. The van der Waals surface area contributed by atoms with Crippen molar-refractivity contribution in [2.45, 2.75) is 44.5 Å². The summed E-state index contributed by atoms with van der Waals surface area (Å²) in [5.41, 5.74) is 0. The van der Waals surface area contributed by atoms with E-state index in [1.807, 2.05) is 0 Å². The van der Waals surface area contributed by atoms with Crippen molar-refractivity contribution in [2.75, 3.05) is 13.2 Å². The summed E-state index contributed by atoms with van der Waals surface area (Å²) < 4.78 is 11.5. The molecule has 1 spiro atoms. The predicted molar refractivity (Wildman–Crippen MR) is 48.3 cm³/mol. The molecule has 1 saturated carbocycles. The number of hydrogen-bond acceptors (Lipinski definition) is 3. The van der Waals surface area contributed by atoms with Crippen LogP contribution in [0.5, 0.6) is 0 Å². The zero-order chi connectivity index (χ0) is 9.31. The molecule has 1 saturated heterocycles. The van der Waals surface area contributed by atoms with Crippen molar-refractivity contribution >= 4 is 0 Å². The van der Waals surface area contributed by atoms with Gasteiger partial charge in [-0.3, -0.25) is 0 Å². The highest BCUT2D eigenvalue weighted by molar-refractivity contribution is 4.86. The van der Waals surface area contributed by atoms with Gasteiger partial charge in [-0.2, -0.15) is 0 Å². The van der Waals surface area contributed by atoms with Gasteiger partial charge in [0.15, 0.2) is 5.79 Å². The van der Waals surface area contributed by atoms with E-state index in [0.717, 1.165) is 6.42 Å². The molecule has 13 heavy (non-hydrogen) atoms. The highest BCUT2D eigenvalue weighted by atomic mass is 16.7. The second-order valence-corrected chi connectivity index (χ2v) is 4.19. The maximum Gasteiger partial charge on any atom is 0.171 e. The molecule has 1 heterocycles. The third-order valence-electron chi connectivity index (χ3n) is 3.25. The van der Waals surface area contributed by atoms with E-state index < -0.39 is 0 Å². The van der Waals surface area contributed by atoms with Gasteiger partial charge >= 0.3 is 0 Å². The van der Waals surface area contributed by atoms with Crippen molar-refractivity contribution < 1.29 is 14.6 Å². The minimum Gasteiger partial charge on any atom is -0.394 e. The van der Waals surface area contributed by atoms with Crippen LogP contribution in [-0.2, 0) is 9.47 Å². The number of rotatable bonds is 1. The van der Waals surface area contributed by atoms with E-state index in [-0.39, 0.29) is 18.5 Å². The number of aliphatic hydroxyl groups excluding tert-OH is 1. The normalized spacial score (nSPS) is 45.7. The summed E-state index contributed by atoms with van der Waals surface area (Å²) in [6, 6.07) is 0. The second-order valence-electron chi connectivity index (χ2n) is 4.19. The van der Waals surface area contributed by atoms with E-state index in [0.29, 0.717) is 12.5 Å². The van der Waals surface area contributed by atoms with E-state index in [1.165, 1.54) is 19.3 Å². The van der Waals surface area contributed by atoms with E-state index in [2.05, 4.69) is 6.92 Å². The molecule has 2 fully saturated rings. The fraction of sp³-hybridized carbons (Fsp3) is 1.00. The molecule has 3 heteroatoms. The highest BCUT2D eigenvalue weighted by Gasteiger charge is 2.46. The summed E-state index contributed by atoms with van der Waals surface area (Å²) in [5.74, 6) is 0.115. The molecule has 1 N–H and O–H groups in total. The van der Waals surface area contributed by atoms with Crippen molar-refractivity contribution in [1.82, 2.24) is 0 Å². The monoisotopic (exact) mass is 186 g/mol. The molecule has 76 valence electrons. The van der Waals surface area contributed by atoms with Crippen molar-refractivity contribution in [3.05, 3.63) is 0 Å². The lowest BCUT2D eigenvalue weighted by Crippen LogP contribution is -2.41. The van der Waals surface area contributed by atoms with Crippen LogP contribution >= 0.6 is 0 Å². The number of aliphatic hydroxyl groups is 1. The lowest BCUT2D eigenvalue weighted by atomic mass is 9.84. The zero-order valence-electron chi connectivity index (χ0n) is 8.16. The van der Waals surface area contributed by atoms with Gasteiger partial charge in [-0.1, -0.05) is 13.3 Å².